The maximum Gasteiger partial charge on any atom is 0.282 e. The lowest BCUT2D eigenvalue weighted by Gasteiger charge is -2.32. The third-order valence-corrected chi connectivity index (χ3v) is 6.54. The number of benzene rings is 2. The summed E-state index contributed by atoms with van der Waals surface area (Å²) in [5.41, 5.74) is 2.91. The Balaban J connectivity index is 1.71. The predicted molar refractivity (Wildman–Crippen MR) is 128 cm³/mol. The third kappa shape index (κ3) is 4.53. The van der Waals surface area contributed by atoms with Crippen molar-refractivity contribution in [3.05, 3.63) is 75.5 Å². The highest BCUT2D eigenvalue weighted by atomic mass is 16.6. The molecule has 33 heavy (non-hydrogen) atoms. The van der Waals surface area contributed by atoms with Crippen LogP contribution in [0.3, 0.4) is 0 Å². The normalized spacial score (nSPS) is 17.3. The summed E-state index contributed by atoms with van der Waals surface area (Å²) >= 11 is 0. The van der Waals surface area contributed by atoms with Crippen LogP contribution in [0.25, 0.3) is 5.57 Å². The zero-order valence-electron chi connectivity index (χ0n) is 19.1. The Kier molecular flexibility index (Phi) is 6.58. The first kappa shape index (κ1) is 22.7. The topological polar surface area (TPSA) is 83.8 Å². The number of nitro groups is 1. The molecule has 2 heterocycles. The molecule has 172 valence electrons. The van der Waals surface area contributed by atoms with Crippen molar-refractivity contribution in [2.45, 2.75) is 46.0 Å². The van der Waals surface area contributed by atoms with E-state index < -0.39 is 4.92 Å². The first-order valence-electron chi connectivity index (χ1n) is 11.6. The Morgan fingerprint density at radius 2 is 1.61 bits per heavy atom. The molecular formula is C26H29N3O4. The number of imide groups is 1. The number of anilines is 1. The van der Waals surface area contributed by atoms with Crippen molar-refractivity contribution in [2.24, 2.45) is 5.92 Å². The average molecular weight is 448 g/mol. The zero-order chi connectivity index (χ0) is 23.5. The summed E-state index contributed by atoms with van der Waals surface area (Å²) in [5, 5.41) is 11.1. The Hall–Kier alpha value is -3.48. The van der Waals surface area contributed by atoms with Crippen molar-refractivity contribution < 1.29 is 14.5 Å². The van der Waals surface area contributed by atoms with Crippen molar-refractivity contribution in [2.75, 3.05) is 18.0 Å². The van der Waals surface area contributed by atoms with Crippen LogP contribution < -0.4 is 4.90 Å². The number of non-ortho nitro benzene ring substituents is 1. The van der Waals surface area contributed by atoms with Gasteiger partial charge in [-0.2, -0.15) is 0 Å². The van der Waals surface area contributed by atoms with E-state index in [4.69, 9.17) is 0 Å². The van der Waals surface area contributed by atoms with Crippen LogP contribution in [-0.2, 0) is 16.0 Å². The molecule has 0 aromatic heterocycles. The standard InChI is InChI=1S/C26H29N3O4/c1-3-4-5-19-6-10-21(11-7-19)28-25(30)23(20-8-12-22(13-9-20)29(32)33)24(26(28)31)27-16-14-18(2)15-17-27/h6-13,18H,3-5,14-17H2,1-2H3. The molecule has 0 spiro atoms. The lowest BCUT2D eigenvalue weighted by atomic mass is 9.97. The van der Waals surface area contributed by atoms with Crippen LogP contribution in [0.2, 0.25) is 0 Å². The molecule has 7 nitrogen and oxygen atoms in total. The summed E-state index contributed by atoms with van der Waals surface area (Å²) in [5.74, 6) is -0.142. The maximum atomic E-state index is 13.6. The number of rotatable bonds is 7. The van der Waals surface area contributed by atoms with Crippen LogP contribution >= 0.6 is 0 Å². The number of likely N-dealkylation sites (tertiary alicyclic amines) is 1. The number of unbranched alkanes of at least 4 members (excludes halogenated alkanes) is 1. The maximum absolute atomic E-state index is 13.6. The van der Waals surface area contributed by atoms with E-state index >= 15 is 0 Å². The fraction of sp³-hybridized carbons (Fsp3) is 0.385. The van der Waals surface area contributed by atoms with Crippen molar-refractivity contribution in [3.63, 3.8) is 0 Å². The first-order chi connectivity index (χ1) is 15.9. The van der Waals surface area contributed by atoms with Crippen LogP contribution in [0.1, 0.15) is 50.7 Å². The average Bonchev–Trinajstić information content (AvgIpc) is 3.08. The summed E-state index contributed by atoms with van der Waals surface area (Å²) in [4.78, 5) is 41.1. The second kappa shape index (κ2) is 9.57. The second-order valence-electron chi connectivity index (χ2n) is 8.91. The summed E-state index contributed by atoms with van der Waals surface area (Å²) in [6, 6.07) is 13.5. The van der Waals surface area contributed by atoms with E-state index in [0.29, 0.717) is 41.5 Å². The molecule has 0 N–H and O–H groups in total. The van der Waals surface area contributed by atoms with Crippen LogP contribution in [-0.4, -0.2) is 34.7 Å². The number of hydrogen-bond acceptors (Lipinski definition) is 5. The Bertz CT molecular complexity index is 1080. The highest BCUT2D eigenvalue weighted by Gasteiger charge is 2.43. The predicted octanol–water partition coefficient (Wildman–Crippen LogP) is 4.95. The fourth-order valence-corrected chi connectivity index (χ4v) is 4.48. The Labute approximate surface area is 193 Å². The van der Waals surface area contributed by atoms with Crippen molar-refractivity contribution in [3.8, 4) is 0 Å². The second-order valence-corrected chi connectivity index (χ2v) is 8.91. The number of carbonyl (C=O) groups is 2. The van der Waals surface area contributed by atoms with Gasteiger partial charge in [0.05, 0.1) is 16.2 Å². The molecule has 0 atom stereocenters. The number of nitrogens with zero attached hydrogens (tertiary/aromatic N) is 3. The van der Waals surface area contributed by atoms with Gasteiger partial charge in [-0.25, -0.2) is 4.90 Å². The summed E-state index contributed by atoms with van der Waals surface area (Å²) < 4.78 is 0. The van der Waals surface area contributed by atoms with Gasteiger partial charge in [0.15, 0.2) is 0 Å². The van der Waals surface area contributed by atoms with Crippen molar-refractivity contribution >= 4 is 28.8 Å². The number of aryl methyl sites for hydroxylation is 1. The molecule has 0 radical (unpaired) electrons. The summed E-state index contributed by atoms with van der Waals surface area (Å²) in [6.45, 7) is 5.74. The monoisotopic (exact) mass is 447 g/mol. The quantitative estimate of drug-likeness (QED) is 0.341. The molecular weight excluding hydrogens is 418 g/mol. The lowest BCUT2D eigenvalue weighted by molar-refractivity contribution is -0.384. The molecule has 2 amide bonds. The molecule has 0 bridgehead atoms. The Morgan fingerprint density at radius 3 is 2.18 bits per heavy atom. The van der Waals surface area contributed by atoms with Gasteiger partial charge in [-0.15, -0.1) is 0 Å². The molecule has 1 saturated heterocycles. The van der Waals surface area contributed by atoms with Gasteiger partial charge in [-0.3, -0.25) is 19.7 Å². The van der Waals surface area contributed by atoms with Gasteiger partial charge in [-0.05, 0) is 67.0 Å². The Morgan fingerprint density at radius 1 is 0.970 bits per heavy atom. The molecule has 1 fully saturated rings. The summed E-state index contributed by atoms with van der Waals surface area (Å²) in [7, 11) is 0. The number of nitro benzene ring substituents is 1. The number of hydrogen-bond donors (Lipinski definition) is 0. The van der Waals surface area contributed by atoms with Gasteiger partial charge in [0.2, 0.25) is 0 Å². The van der Waals surface area contributed by atoms with E-state index in [1.54, 1.807) is 12.1 Å². The van der Waals surface area contributed by atoms with E-state index in [9.17, 15) is 19.7 Å². The van der Waals surface area contributed by atoms with E-state index in [2.05, 4.69) is 13.8 Å². The van der Waals surface area contributed by atoms with E-state index in [-0.39, 0.29) is 17.5 Å². The SMILES string of the molecule is CCCCc1ccc(N2C(=O)C(c3ccc([N+](=O)[O-])cc3)=C(N3CCC(C)CC3)C2=O)cc1. The van der Waals surface area contributed by atoms with Gasteiger partial charge >= 0.3 is 0 Å². The first-order valence-corrected chi connectivity index (χ1v) is 11.6. The lowest BCUT2D eigenvalue weighted by Crippen LogP contribution is -2.38. The van der Waals surface area contributed by atoms with Crippen LogP contribution in [0.15, 0.2) is 54.2 Å². The zero-order valence-corrected chi connectivity index (χ0v) is 19.1. The van der Waals surface area contributed by atoms with Gasteiger partial charge < -0.3 is 4.90 Å². The molecule has 2 aromatic rings. The third-order valence-electron chi connectivity index (χ3n) is 6.54. The molecule has 2 aliphatic heterocycles. The van der Waals surface area contributed by atoms with Crippen LogP contribution in [0.4, 0.5) is 11.4 Å². The van der Waals surface area contributed by atoms with Crippen molar-refractivity contribution in [1.29, 1.82) is 0 Å². The minimum atomic E-state index is -0.473. The number of carbonyl (C=O) groups excluding carboxylic acids is 2. The smallest absolute Gasteiger partial charge is 0.282 e. The van der Waals surface area contributed by atoms with Crippen molar-refractivity contribution in [1.82, 2.24) is 4.90 Å². The van der Waals surface area contributed by atoms with Gasteiger partial charge in [-0.1, -0.05) is 32.4 Å². The fourth-order valence-electron chi connectivity index (χ4n) is 4.48. The molecule has 0 aliphatic carbocycles. The molecule has 0 unspecified atom stereocenters. The highest BCUT2D eigenvalue weighted by Crippen LogP contribution is 2.37. The molecule has 7 heteroatoms. The van der Waals surface area contributed by atoms with Crippen LogP contribution in [0, 0.1) is 16.0 Å². The van der Waals surface area contributed by atoms with Crippen LogP contribution in [0.5, 0.6) is 0 Å². The van der Waals surface area contributed by atoms with E-state index in [1.165, 1.54) is 22.6 Å². The molecule has 2 aliphatic rings. The molecule has 0 saturated carbocycles. The van der Waals surface area contributed by atoms with E-state index in [1.807, 2.05) is 29.2 Å². The van der Waals surface area contributed by atoms with Gasteiger partial charge in [0, 0.05) is 25.2 Å². The van der Waals surface area contributed by atoms with Gasteiger partial charge in [0.25, 0.3) is 17.5 Å². The minimum absolute atomic E-state index is 0.0519. The van der Waals surface area contributed by atoms with E-state index in [0.717, 1.165) is 32.1 Å². The van der Waals surface area contributed by atoms with Gasteiger partial charge in [0.1, 0.15) is 5.70 Å². The molecule has 4 rings (SSSR count). The summed E-state index contributed by atoms with van der Waals surface area (Å²) in [6.07, 6.45) is 5.05. The highest BCUT2D eigenvalue weighted by molar-refractivity contribution is 6.45. The molecule has 2 aromatic carbocycles. The number of piperidine rings is 1. The largest absolute Gasteiger partial charge is 0.366 e. The number of amides is 2. The minimum Gasteiger partial charge on any atom is -0.366 e.